The summed E-state index contributed by atoms with van der Waals surface area (Å²) in [6.45, 7) is 11.4. The summed E-state index contributed by atoms with van der Waals surface area (Å²) in [7, 11) is -0.781. The highest BCUT2D eigenvalue weighted by Crippen LogP contribution is 2.52. The van der Waals surface area contributed by atoms with Gasteiger partial charge in [0.25, 0.3) is 0 Å². The SMILES string of the molecule is COC(=O)C1=C[C@H](c2ccccc2)[C@H]2CCCCCCCCCC[C@]2(O[Si](C)(C)C(C)(C)C)O1. The van der Waals surface area contributed by atoms with Gasteiger partial charge in [-0.1, -0.05) is 96.0 Å². The van der Waals surface area contributed by atoms with E-state index >= 15 is 0 Å². The molecule has 0 aromatic heterocycles. The predicted octanol–water partition coefficient (Wildman–Crippen LogP) is 8.11. The van der Waals surface area contributed by atoms with E-state index < -0.39 is 20.1 Å². The van der Waals surface area contributed by atoms with Gasteiger partial charge >= 0.3 is 5.97 Å². The number of carbonyl (C=O) groups is 1. The number of rotatable bonds is 4. The van der Waals surface area contributed by atoms with E-state index in [2.05, 4.69) is 58.1 Å². The molecule has 1 fully saturated rings. The van der Waals surface area contributed by atoms with E-state index in [-0.39, 0.29) is 16.9 Å². The molecule has 3 atom stereocenters. The summed E-state index contributed by atoms with van der Waals surface area (Å²) in [5, 5.41) is 0.0359. The number of hydrogen-bond donors (Lipinski definition) is 0. The topological polar surface area (TPSA) is 44.8 Å². The van der Waals surface area contributed by atoms with Crippen LogP contribution in [0.1, 0.15) is 96.5 Å². The fourth-order valence-corrected chi connectivity index (χ4v) is 6.69. The Morgan fingerprint density at radius 1 is 0.971 bits per heavy atom. The van der Waals surface area contributed by atoms with Gasteiger partial charge in [-0.3, -0.25) is 0 Å². The number of ether oxygens (including phenoxy) is 2. The third kappa shape index (κ3) is 6.34. The number of fused-ring (bicyclic) bond motifs is 1. The van der Waals surface area contributed by atoms with Crippen LogP contribution >= 0.6 is 0 Å². The van der Waals surface area contributed by atoms with E-state index in [0.717, 1.165) is 25.7 Å². The number of benzene rings is 1. The van der Waals surface area contributed by atoms with Crippen LogP contribution in [-0.2, 0) is 18.7 Å². The molecule has 34 heavy (non-hydrogen) atoms. The van der Waals surface area contributed by atoms with E-state index in [0.29, 0.717) is 5.76 Å². The average molecular weight is 487 g/mol. The van der Waals surface area contributed by atoms with Gasteiger partial charge < -0.3 is 13.9 Å². The van der Waals surface area contributed by atoms with Gasteiger partial charge in [-0.25, -0.2) is 4.79 Å². The van der Waals surface area contributed by atoms with E-state index in [9.17, 15) is 4.79 Å². The first-order chi connectivity index (χ1) is 16.1. The zero-order chi connectivity index (χ0) is 24.8. The van der Waals surface area contributed by atoms with Crippen molar-refractivity contribution in [2.45, 2.75) is 115 Å². The summed E-state index contributed by atoms with van der Waals surface area (Å²) in [5.74, 6) is -0.725. The van der Waals surface area contributed by atoms with Crippen molar-refractivity contribution >= 4 is 14.3 Å². The average Bonchev–Trinajstić information content (AvgIpc) is 2.78. The van der Waals surface area contributed by atoms with Crippen LogP contribution in [0.4, 0.5) is 0 Å². The van der Waals surface area contributed by atoms with Crippen LogP contribution in [0, 0.1) is 5.92 Å². The fourth-order valence-electron chi connectivity index (χ4n) is 5.23. The van der Waals surface area contributed by atoms with Gasteiger partial charge in [-0.05, 0) is 42.6 Å². The van der Waals surface area contributed by atoms with Crippen molar-refractivity contribution < 1.29 is 18.7 Å². The number of methoxy groups -OCH3 is 1. The summed E-state index contributed by atoms with van der Waals surface area (Å²) < 4.78 is 19.2. The molecule has 0 spiro atoms. The fraction of sp³-hybridized carbons (Fsp3) is 0.690. The lowest BCUT2D eigenvalue weighted by Gasteiger charge is -2.52. The summed E-state index contributed by atoms with van der Waals surface area (Å²) in [5.41, 5.74) is 1.22. The van der Waals surface area contributed by atoms with Gasteiger partial charge in [0.1, 0.15) is 0 Å². The summed E-state index contributed by atoms with van der Waals surface area (Å²) in [6.07, 6.45) is 13.6. The van der Waals surface area contributed by atoms with Crippen molar-refractivity contribution in [1.29, 1.82) is 0 Å². The maximum absolute atomic E-state index is 12.8. The first kappa shape index (κ1) is 27.0. The van der Waals surface area contributed by atoms with E-state index in [1.807, 2.05) is 12.1 Å². The molecule has 0 N–H and O–H groups in total. The minimum absolute atomic E-state index is 0.0359. The van der Waals surface area contributed by atoms with Gasteiger partial charge in [0.05, 0.1) is 7.11 Å². The Labute approximate surface area is 208 Å². The van der Waals surface area contributed by atoms with Crippen LogP contribution in [0.15, 0.2) is 42.2 Å². The summed E-state index contributed by atoms with van der Waals surface area (Å²) >= 11 is 0. The molecule has 1 heterocycles. The van der Waals surface area contributed by atoms with Gasteiger partial charge in [-0.2, -0.15) is 0 Å². The molecule has 2 aliphatic rings. The van der Waals surface area contributed by atoms with Gasteiger partial charge in [-0.15, -0.1) is 0 Å². The molecule has 0 radical (unpaired) electrons. The van der Waals surface area contributed by atoms with Crippen molar-refractivity contribution in [1.82, 2.24) is 0 Å². The zero-order valence-electron chi connectivity index (χ0n) is 22.3. The Hall–Kier alpha value is -1.59. The molecule has 4 nitrogen and oxygen atoms in total. The van der Waals surface area contributed by atoms with Crippen molar-refractivity contribution in [3.05, 3.63) is 47.7 Å². The molecule has 0 unspecified atom stereocenters. The maximum atomic E-state index is 12.8. The zero-order valence-corrected chi connectivity index (χ0v) is 23.3. The molecule has 0 amide bonds. The monoisotopic (exact) mass is 486 g/mol. The van der Waals surface area contributed by atoms with Gasteiger partial charge in [0, 0.05) is 18.3 Å². The van der Waals surface area contributed by atoms with Gasteiger partial charge in [0.15, 0.2) is 8.32 Å². The highest BCUT2D eigenvalue weighted by atomic mass is 28.4. The van der Waals surface area contributed by atoms with Crippen molar-refractivity contribution in [3.8, 4) is 0 Å². The Balaban J connectivity index is 2.13. The molecule has 0 bridgehead atoms. The molecule has 190 valence electrons. The van der Waals surface area contributed by atoms with Crippen LogP contribution in [-0.4, -0.2) is 27.2 Å². The van der Waals surface area contributed by atoms with E-state index in [1.54, 1.807) is 0 Å². The van der Waals surface area contributed by atoms with Crippen LogP contribution < -0.4 is 0 Å². The van der Waals surface area contributed by atoms with Crippen LogP contribution in [0.2, 0.25) is 18.1 Å². The maximum Gasteiger partial charge on any atom is 0.373 e. The Morgan fingerprint density at radius 3 is 2.15 bits per heavy atom. The minimum Gasteiger partial charge on any atom is -0.463 e. The predicted molar refractivity (Wildman–Crippen MR) is 141 cm³/mol. The van der Waals surface area contributed by atoms with E-state index in [4.69, 9.17) is 13.9 Å². The first-order valence-electron chi connectivity index (χ1n) is 13.3. The molecule has 1 saturated carbocycles. The molecule has 1 aromatic rings. The second-order valence-electron chi connectivity index (χ2n) is 11.7. The molecular weight excluding hydrogens is 440 g/mol. The highest BCUT2D eigenvalue weighted by molar-refractivity contribution is 6.74. The van der Waals surface area contributed by atoms with Crippen molar-refractivity contribution in [2.75, 3.05) is 7.11 Å². The molecule has 0 saturated heterocycles. The standard InChI is InChI=1S/C29H46O4Si/c1-28(2,3)34(5,6)33-29-21-17-12-10-8-7-9-11-16-20-25(29)24(23-18-14-13-15-19-23)22-26(32-29)27(30)31-4/h13-15,18-19,22,24-25H,7-12,16-17,20-21H2,1-6H3/t24-,25-,29-/m1/s1. The smallest absolute Gasteiger partial charge is 0.373 e. The Bertz CT molecular complexity index is 826. The Morgan fingerprint density at radius 2 is 1.56 bits per heavy atom. The molecule has 1 aliphatic carbocycles. The summed E-state index contributed by atoms with van der Waals surface area (Å²) in [4.78, 5) is 12.8. The lowest BCUT2D eigenvalue weighted by Crippen LogP contribution is -2.57. The number of hydrogen-bond acceptors (Lipinski definition) is 4. The van der Waals surface area contributed by atoms with Crippen LogP contribution in [0.5, 0.6) is 0 Å². The molecule has 1 aromatic carbocycles. The van der Waals surface area contributed by atoms with Crippen LogP contribution in [0.25, 0.3) is 0 Å². The number of allylic oxidation sites excluding steroid dienone is 1. The number of esters is 1. The van der Waals surface area contributed by atoms with Crippen LogP contribution in [0.3, 0.4) is 0 Å². The highest BCUT2D eigenvalue weighted by Gasteiger charge is 2.54. The summed E-state index contributed by atoms with van der Waals surface area (Å²) in [6, 6.07) is 10.6. The van der Waals surface area contributed by atoms with Crippen molar-refractivity contribution in [2.24, 2.45) is 5.92 Å². The van der Waals surface area contributed by atoms with Gasteiger partial charge in [0.2, 0.25) is 11.5 Å². The van der Waals surface area contributed by atoms with Crippen molar-refractivity contribution in [3.63, 3.8) is 0 Å². The minimum atomic E-state index is -2.21. The Kier molecular flexibility index (Phi) is 9.08. The lowest BCUT2D eigenvalue weighted by molar-refractivity contribution is -0.224. The third-order valence-electron chi connectivity index (χ3n) is 8.21. The molecule has 5 heteroatoms. The first-order valence-corrected chi connectivity index (χ1v) is 16.2. The van der Waals surface area contributed by atoms with E-state index in [1.165, 1.54) is 51.2 Å². The third-order valence-corrected chi connectivity index (χ3v) is 12.7. The number of carbonyl (C=O) groups excluding carboxylic acids is 1. The molecule has 3 rings (SSSR count). The quantitative estimate of drug-likeness (QED) is 0.318. The second-order valence-corrected chi connectivity index (χ2v) is 16.4. The lowest BCUT2D eigenvalue weighted by atomic mass is 9.74. The molecule has 1 aliphatic heterocycles. The largest absolute Gasteiger partial charge is 0.463 e. The molecular formula is C29H46O4Si. The second kappa shape index (κ2) is 11.4. The normalized spacial score (nSPS) is 27.3.